The number of hydrogen-bond acceptors (Lipinski definition) is 4. The molecule has 0 amide bonds. The number of rotatable bonds is 26. The van der Waals surface area contributed by atoms with Crippen LogP contribution in [0.1, 0.15) is 148 Å². The van der Waals surface area contributed by atoms with E-state index in [1.807, 2.05) is 25.6 Å². The maximum Gasteiger partial charge on any atom is 0.309 e. The molecule has 2 nitrogen and oxygen atoms in total. The molecule has 1 aromatic rings. The van der Waals surface area contributed by atoms with E-state index in [4.69, 9.17) is 23.8 Å². The third-order valence-corrected chi connectivity index (χ3v) is 12.8. The Morgan fingerprint density at radius 2 is 1.53 bits per heavy atom. The number of benzene rings is 1. The van der Waals surface area contributed by atoms with Gasteiger partial charge in [0.2, 0.25) is 0 Å². The first-order chi connectivity index (χ1) is 22.3. The Kier molecular flexibility index (Phi) is 22.7. The summed E-state index contributed by atoms with van der Waals surface area (Å²) in [5.41, 5.74) is 3.77. The highest BCUT2D eigenvalue weighted by atomic mass is 35.5. The van der Waals surface area contributed by atoms with Gasteiger partial charge >= 0.3 is 5.97 Å². The number of alkyl halides is 1. The highest BCUT2D eigenvalue weighted by Crippen LogP contribution is 2.43. The van der Waals surface area contributed by atoms with Crippen LogP contribution in [-0.4, -0.2) is 26.1 Å². The second-order valence-electron chi connectivity index (χ2n) is 14.6. The predicted molar refractivity (Wildman–Crippen MR) is 218 cm³/mol. The lowest BCUT2D eigenvalue weighted by Crippen LogP contribution is -2.28. The Balaban J connectivity index is 2.67. The van der Waals surface area contributed by atoms with Gasteiger partial charge in [0.25, 0.3) is 0 Å². The largest absolute Gasteiger partial charge is 0.481 e. The van der Waals surface area contributed by atoms with E-state index in [-0.39, 0.29) is 17.3 Å². The summed E-state index contributed by atoms with van der Waals surface area (Å²) in [5.74, 6) is 2.08. The maximum absolute atomic E-state index is 12.1. The number of aliphatic carboxylic acids is 1. The van der Waals surface area contributed by atoms with Crippen LogP contribution in [0.3, 0.4) is 0 Å². The third-order valence-electron chi connectivity index (χ3n) is 9.46. The summed E-state index contributed by atoms with van der Waals surface area (Å²) < 4.78 is 1.05. The highest BCUT2D eigenvalue weighted by Gasteiger charge is 2.34. The molecule has 3 atom stereocenters. The number of carboxylic acids is 1. The number of hydrogen-bond donors (Lipinski definition) is 1. The molecule has 0 spiro atoms. The first kappa shape index (κ1) is 44.0. The lowest BCUT2D eigenvalue weighted by Gasteiger charge is -2.34. The molecule has 0 aliphatic rings. The van der Waals surface area contributed by atoms with Gasteiger partial charge in [-0.25, -0.2) is 0 Å². The average molecular weight is 722 g/mol. The van der Waals surface area contributed by atoms with Crippen molar-refractivity contribution in [1.29, 1.82) is 0 Å². The van der Waals surface area contributed by atoms with Crippen molar-refractivity contribution in [3.05, 3.63) is 71.8 Å². The minimum absolute atomic E-state index is 0.0914. The van der Waals surface area contributed by atoms with Crippen molar-refractivity contribution in [2.45, 2.75) is 143 Å². The summed E-state index contributed by atoms with van der Waals surface area (Å²) in [5, 5.41) is 9.94. The number of halogens is 1. The zero-order chi connectivity index (χ0) is 35.3. The van der Waals surface area contributed by atoms with Crippen molar-refractivity contribution in [3.8, 4) is 0 Å². The SMILES string of the molecule is C=CC(C)(C/C=C(\C)CSC(=S)SCCCCCCCCCCCC)CC(CC(CC(C)(C)C(=O)O)c1ccc(CCl)cc1)C(=C)C. The molecule has 0 aliphatic carbocycles. The van der Waals surface area contributed by atoms with Crippen LogP contribution in [0, 0.1) is 16.7 Å². The minimum Gasteiger partial charge on any atom is -0.481 e. The summed E-state index contributed by atoms with van der Waals surface area (Å²) in [4.78, 5) is 12.1. The molecule has 0 saturated heterocycles. The maximum atomic E-state index is 12.1. The topological polar surface area (TPSA) is 37.3 Å². The summed E-state index contributed by atoms with van der Waals surface area (Å²) in [7, 11) is 0. The van der Waals surface area contributed by atoms with Gasteiger partial charge in [0, 0.05) is 11.6 Å². The van der Waals surface area contributed by atoms with Gasteiger partial charge < -0.3 is 5.11 Å². The fourth-order valence-electron chi connectivity index (χ4n) is 5.96. The van der Waals surface area contributed by atoms with E-state index in [2.05, 4.69) is 77.3 Å². The van der Waals surface area contributed by atoms with Gasteiger partial charge in [-0.15, -0.1) is 41.7 Å². The van der Waals surface area contributed by atoms with Crippen LogP contribution in [0.25, 0.3) is 0 Å². The first-order valence-corrected chi connectivity index (χ1v) is 20.8. The minimum atomic E-state index is -0.833. The molecule has 0 bridgehead atoms. The van der Waals surface area contributed by atoms with Gasteiger partial charge in [-0.2, -0.15) is 0 Å². The van der Waals surface area contributed by atoms with E-state index >= 15 is 0 Å². The van der Waals surface area contributed by atoms with Gasteiger partial charge in [0.15, 0.2) is 0 Å². The van der Waals surface area contributed by atoms with Crippen molar-refractivity contribution in [3.63, 3.8) is 0 Å². The summed E-state index contributed by atoms with van der Waals surface area (Å²) >= 11 is 15.4. The lowest BCUT2D eigenvalue weighted by molar-refractivity contribution is -0.147. The zero-order valence-electron chi connectivity index (χ0n) is 30.5. The molecule has 0 fully saturated rings. The van der Waals surface area contributed by atoms with Crippen LogP contribution < -0.4 is 0 Å². The van der Waals surface area contributed by atoms with E-state index in [1.165, 1.54) is 69.8 Å². The van der Waals surface area contributed by atoms with Crippen molar-refractivity contribution in [2.24, 2.45) is 16.7 Å². The Labute approximate surface area is 308 Å². The molecule has 0 radical (unpaired) electrons. The van der Waals surface area contributed by atoms with E-state index in [9.17, 15) is 9.90 Å². The standard InChI is InChI=1S/C41H65ClO2S3/c1-9-11-12-13-14-15-16-17-18-19-26-46-39(45)47-31-33(5)24-25-41(8,10-2)29-36(32(3)4)27-37(28-40(6,7)38(43)44)35-22-20-34(30-42)21-23-35/h10,20-24,36-37H,2-3,9,11-19,25-31H2,1,4-8H3,(H,43,44)/b33-24+. The van der Waals surface area contributed by atoms with Crippen molar-refractivity contribution in [2.75, 3.05) is 11.5 Å². The Bertz CT molecular complexity index is 1110. The molecule has 0 saturated carbocycles. The van der Waals surface area contributed by atoms with Crippen LogP contribution >= 0.6 is 47.3 Å². The van der Waals surface area contributed by atoms with Crippen LogP contribution in [0.15, 0.2) is 60.7 Å². The van der Waals surface area contributed by atoms with Gasteiger partial charge in [-0.3, -0.25) is 4.79 Å². The molecule has 1 rings (SSSR count). The average Bonchev–Trinajstić information content (AvgIpc) is 3.04. The van der Waals surface area contributed by atoms with Crippen molar-refractivity contribution < 1.29 is 9.90 Å². The van der Waals surface area contributed by atoms with Crippen LogP contribution in [-0.2, 0) is 10.7 Å². The van der Waals surface area contributed by atoms with Crippen molar-refractivity contribution >= 4 is 56.8 Å². The zero-order valence-corrected chi connectivity index (χ0v) is 33.7. The number of thioether (sulfide) groups is 2. The monoisotopic (exact) mass is 720 g/mol. The molecule has 1 aromatic carbocycles. The van der Waals surface area contributed by atoms with Gasteiger partial charge in [-0.05, 0) is 93.9 Å². The van der Waals surface area contributed by atoms with Crippen LogP contribution in [0.4, 0.5) is 0 Å². The Hall–Kier alpha value is -1.01. The third kappa shape index (κ3) is 19.1. The van der Waals surface area contributed by atoms with E-state index in [0.29, 0.717) is 12.3 Å². The fourth-order valence-corrected chi connectivity index (χ4v) is 8.30. The number of unbranched alkanes of at least 4 members (excludes halogenated alkanes) is 9. The molecule has 6 heteroatoms. The number of thiocarbonyl (C=S) groups is 1. The molecule has 1 N–H and O–H groups in total. The summed E-state index contributed by atoms with van der Waals surface area (Å²) in [6.45, 7) is 21.1. The smallest absolute Gasteiger partial charge is 0.309 e. The molecule has 0 heterocycles. The summed E-state index contributed by atoms with van der Waals surface area (Å²) in [6.07, 6.45) is 21.3. The summed E-state index contributed by atoms with van der Waals surface area (Å²) in [6, 6.07) is 8.35. The molecule has 266 valence electrons. The van der Waals surface area contributed by atoms with Gasteiger partial charge in [0.05, 0.1) is 5.41 Å². The molecule has 0 aromatic heterocycles. The van der Waals surface area contributed by atoms with E-state index < -0.39 is 11.4 Å². The quantitative estimate of drug-likeness (QED) is 0.0446. The Morgan fingerprint density at radius 3 is 2.04 bits per heavy atom. The molecule has 0 aliphatic heterocycles. The molecule has 47 heavy (non-hydrogen) atoms. The number of carbonyl (C=O) groups is 1. The fraction of sp³-hybridized carbons (Fsp3) is 0.659. The molecular formula is C41H65ClO2S3. The van der Waals surface area contributed by atoms with E-state index in [0.717, 1.165) is 51.0 Å². The second kappa shape index (κ2) is 24.2. The Morgan fingerprint density at radius 1 is 0.957 bits per heavy atom. The normalized spacial score (nSPS) is 14.7. The number of carboxylic acid groups (broad SMARTS) is 1. The van der Waals surface area contributed by atoms with Gasteiger partial charge in [0.1, 0.15) is 3.53 Å². The lowest BCUT2D eigenvalue weighted by atomic mass is 9.70. The van der Waals surface area contributed by atoms with Crippen molar-refractivity contribution in [1.82, 2.24) is 0 Å². The predicted octanol–water partition coefficient (Wildman–Crippen LogP) is 14.2. The highest BCUT2D eigenvalue weighted by molar-refractivity contribution is 8.47. The second-order valence-corrected chi connectivity index (χ2v) is 18.2. The van der Waals surface area contributed by atoms with Gasteiger partial charge in [-0.1, -0.05) is 138 Å². The van der Waals surface area contributed by atoms with E-state index in [1.54, 1.807) is 11.8 Å². The van der Waals surface area contributed by atoms with Crippen LogP contribution in [0.5, 0.6) is 0 Å². The number of allylic oxidation sites excluding steroid dienone is 3. The van der Waals surface area contributed by atoms with Crippen LogP contribution in [0.2, 0.25) is 0 Å². The molecule has 3 unspecified atom stereocenters. The molecular weight excluding hydrogens is 656 g/mol. The first-order valence-electron chi connectivity index (χ1n) is 17.9.